The number of likely N-dealkylation sites (tertiary alicyclic amines) is 1. The van der Waals surface area contributed by atoms with Crippen molar-refractivity contribution in [1.29, 1.82) is 0 Å². The number of hydrogen-bond acceptors (Lipinski definition) is 6. The van der Waals surface area contributed by atoms with Crippen LogP contribution in [0.1, 0.15) is 31.1 Å². The standard InChI is InChI=1S/C20H20N4O4/c25-17(13-27-14-7-2-1-3-8-14)24-12-5-4-10-16(24)18-22-20(28-23-18)15-9-6-11-21-19(15)26/h1-3,6-9,11,16H,4-5,10,12-13H2,(H,21,26)/t16-/m1/s1. The van der Waals surface area contributed by atoms with E-state index < -0.39 is 0 Å². The van der Waals surface area contributed by atoms with Gasteiger partial charge in [-0.25, -0.2) is 0 Å². The molecule has 8 nitrogen and oxygen atoms in total. The number of aromatic nitrogens is 3. The largest absolute Gasteiger partial charge is 0.484 e. The van der Waals surface area contributed by atoms with Gasteiger partial charge in [0.25, 0.3) is 17.4 Å². The minimum Gasteiger partial charge on any atom is -0.484 e. The molecular formula is C20H20N4O4. The first-order chi connectivity index (χ1) is 13.7. The van der Waals surface area contributed by atoms with Crippen LogP contribution in [-0.4, -0.2) is 39.1 Å². The molecule has 1 saturated heterocycles. The van der Waals surface area contributed by atoms with Crippen LogP contribution in [0, 0.1) is 0 Å². The van der Waals surface area contributed by atoms with E-state index in [1.54, 1.807) is 17.0 Å². The molecule has 1 fully saturated rings. The van der Waals surface area contributed by atoms with Crippen LogP contribution in [0.4, 0.5) is 0 Å². The molecule has 144 valence electrons. The van der Waals surface area contributed by atoms with E-state index in [0.717, 1.165) is 19.3 Å². The maximum absolute atomic E-state index is 12.7. The second kappa shape index (κ2) is 8.08. The van der Waals surface area contributed by atoms with Gasteiger partial charge >= 0.3 is 0 Å². The number of pyridine rings is 1. The number of amides is 1. The van der Waals surface area contributed by atoms with Gasteiger partial charge in [-0.2, -0.15) is 4.98 Å². The van der Waals surface area contributed by atoms with E-state index in [9.17, 15) is 9.59 Å². The molecule has 1 N–H and O–H groups in total. The quantitative estimate of drug-likeness (QED) is 0.730. The third-order valence-electron chi connectivity index (χ3n) is 4.72. The van der Waals surface area contributed by atoms with E-state index in [-0.39, 0.29) is 30.0 Å². The van der Waals surface area contributed by atoms with E-state index in [4.69, 9.17) is 9.26 Å². The Balaban J connectivity index is 1.50. The van der Waals surface area contributed by atoms with E-state index >= 15 is 0 Å². The number of benzene rings is 1. The van der Waals surface area contributed by atoms with Crippen molar-refractivity contribution < 1.29 is 14.1 Å². The fraction of sp³-hybridized carbons (Fsp3) is 0.300. The van der Waals surface area contributed by atoms with Crippen LogP contribution in [0.25, 0.3) is 11.5 Å². The summed E-state index contributed by atoms with van der Waals surface area (Å²) in [6.45, 7) is 0.557. The lowest BCUT2D eigenvalue weighted by Crippen LogP contribution is -2.41. The van der Waals surface area contributed by atoms with E-state index in [2.05, 4.69) is 15.1 Å². The minimum atomic E-state index is -0.300. The van der Waals surface area contributed by atoms with Crippen molar-refractivity contribution >= 4 is 5.91 Å². The normalized spacial score (nSPS) is 16.7. The highest BCUT2D eigenvalue weighted by molar-refractivity contribution is 5.78. The maximum atomic E-state index is 12.7. The molecule has 3 aromatic rings. The van der Waals surface area contributed by atoms with Crippen molar-refractivity contribution in [2.24, 2.45) is 0 Å². The second-order valence-corrected chi connectivity index (χ2v) is 6.57. The highest BCUT2D eigenvalue weighted by Crippen LogP contribution is 2.30. The van der Waals surface area contributed by atoms with Crippen LogP contribution in [-0.2, 0) is 4.79 Å². The van der Waals surface area contributed by atoms with Gasteiger partial charge in [0.15, 0.2) is 12.4 Å². The number of H-pyrrole nitrogens is 1. The lowest BCUT2D eigenvalue weighted by Gasteiger charge is -2.33. The number of rotatable bonds is 5. The van der Waals surface area contributed by atoms with Crippen molar-refractivity contribution in [1.82, 2.24) is 20.0 Å². The summed E-state index contributed by atoms with van der Waals surface area (Å²) in [5.41, 5.74) is 0.00730. The van der Waals surface area contributed by atoms with Crippen molar-refractivity contribution in [3.05, 3.63) is 64.8 Å². The molecule has 0 saturated carbocycles. The molecule has 1 aromatic carbocycles. The monoisotopic (exact) mass is 380 g/mol. The SMILES string of the molecule is O=C(COc1ccccc1)N1CCCC[C@@H]1c1noc(-c2ccc[nH]c2=O)n1. The Morgan fingerprint density at radius 1 is 1.21 bits per heavy atom. The molecule has 1 amide bonds. The van der Waals surface area contributed by atoms with Gasteiger partial charge in [-0.15, -0.1) is 0 Å². The van der Waals surface area contributed by atoms with Crippen LogP contribution < -0.4 is 10.3 Å². The molecule has 8 heteroatoms. The van der Waals surface area contributed by atoms with Gasteiger partial charge < -0.3 is 19.1 Å². The Bertz CT molecular complexity index is 998. The van der Waals surface area contributed by atoms with E-state index in [1.807, 2.05) is 30.3 Å². The van der Waals surface area contributed by atoms with Crippen LogP contribution in [0.2, 0.25) is 0 Å². The Morgan fingerprint density at radius 3 is 2.89 bits per heavy atom. The number of carbonyl (C=O) groups is 1. The minimum absolute atomic E-state index is 0.0520. The number of nitrogens with one attached hydrogen (secondary N) is 1. The molecule has 1 aliphatic heterocycles. The van der Waals surface area contributed by atoms with Crippen LogP contribution in [0.15, 0.2) is 58.0 Å². The first kappa shape index (κ1) is 18.0. The van der Waals surface area contributed by atoms with Gasteiger partial charge in [-0.05, 0) is 43.5 Å². The molecule has 2 aromatic heterocycles. The summed E-state index contributed by atoms with van der Waals surface area (Å²) in [6.07, 6.45) is 4.15. The average Bonchev–Trinajstić information content (AvgIpc) is 3.23. The summed E-state index contributed by atoms with van der Waals surface area (Å²) in [5.74, 6) is 1.08. The summed E-state index contributed by atoms with van der Waals surface area (Å²) < 4.78 is 10.9. The Morgan fingerprint density at radius 2 is 2.07 bits per heavy atom. The Kier molecular flexibility index (Phi) is 5.18. The summed E-state index contributed by atoms with van der Waals surface area (Å²) in [7, 11) is 0. The third kappa shape index (κ3) is 3.80. The summed E-state index contributed by atoms with van der Waals surface area (Å²) in [5, 5.41) is 4.03. The zero-order valence-electron chi connectivity index (χ0n) is 15.2. The summed E-state index contributed by atoms with van der Waals surface area (Å²) in [6, 6.07) is 12.2. The molecule has 3 heterocycles. The van der Waals surface area contributed by atoms with Crippen LogP contribution >= 0.6 is 0 Å². The van der Waals surface area contributed by atoms with Gasteiger partial charge in [0.05, 0.1) is 6.04 Å². The van der Waals surface area contributed by atoms with Gasteiger partial charge in [0, 0.05) is 12.7 Å². The fourth-order valence-corrected chi connectivity index (χ4v) is 3.31. The lowest BCUT2D eigenvalue weighted by molar-refractivity contribution is -0.137. The molecule has 4 rings (SSSR count). The molecule has 0 unspecified atom stereocenters. The topological polar surface area (TPSA) is 101 Å². The van der Waals surface area contributed by atoms with Gasteiger partial charge in [-0.3, -0.25) is 9.59 Å². The highest BCUT2D eigenvalue weighted by atomic mass is 16.5. The molecule has 0 radical (unpaired) electrons. The number of nitrogens with zero attached hydrogens (tertiary/aromatic N) is 3. The van der Waals surface area contributed by atoms with Crippen LogP contribution in [0.3, 0.4) is 0 Å². The molecule has 0 aliphatic carbocycles. The van der Waals surface area contributed by atoms with Crippen molar-refractivity contribution in [3.63, 3.8) is 0 Å². The Hall–Kier alpha value is -3.42. The maximum Gasteiger partial charge on any atom is 0.263 e. The molecule has 28 heavy (non-hydrogen) atoms. The number of aromatic amines is 1. The van der Waals surface area contributed by atoms with E-state index in [0.29, 0.717) is 23.7 Å². The smallest absolute Gasteiger partial charge is 0.263 e. The number of ether oxygens (including phenoxy) is 1. The zero-order valence-corrected chi connectivity index (χ0v) is 15.2. The van der Waals surface area contributed by atoms with E-state index in [1.165, 1.54) is 6.20 Å². The Labute approximate surface area is 161 Å². The molecule has 0 spiro atoms. The van der Waals surface area contributed by atoms with Gasteiger partial charge in [-0.1, -0.05) is 23.4 Å². The number of piperidine rings is 1. The predicted octanol–water partition coefficient (Wildman–Crippen LogP) is 2.56. The first-order valence-corrected chi connectivity index (χ1v) is 9.21. The predicted molar refractivity (Wildman–Crippen MR) is 101 cm³/mol. The number of para-hydroxylation sites is 1. The summed E-state index contributed by atoms with van der Waals surface area (Å²) >= 11 is 0. The van der Waals surface area contributed by atoms with Gasteiger partial charge in [0.1, 0.15) is 11.3 Å². The van der Waals surface area contributed by atoms with Crippen molar-refractivity contribution in [2.45, 2.75) is 25.3 Å². The third-order valence-corrected chi connectivity index (χ3v) is 4.72. The zero-order chi connectivity index (χ0) is 19.3. The molecule has 1 aliphatic rings. The van der Waals surface area contributed by atoms with Crippen molar-refractivity contribution in [3.8, 4) is 17.2 Å². The molecular weight excluding hydrogens is 360 g/mol. The second-order valence-electron chi connectivity index (χ2n) is 6.57. The first-order valence-electron chi connectivity index (χ1n) is 9.21. The van der Waals surface area contributed by atoms with Gasteiger partial charge in [0.2, 0.25) is 0 Å². The number of hydrogen-bond donors (Lipinski definition) is 1. The van der Waals surface area contributed by atoms with Crippen molar-refractivity contribution in [2.75, 3.05) is 13.2 Å². The fourth-order valence-electron chi connectivity index (χ4n) is 3.31. The summed E-state index contributed by atoms with van der Waals surface area (Å²) in [4.78, 5) is 33.4. The average molecular weight is 380 g/mol. The van der Waals surface area contributed by atoms with Crippen LogP contribution in [0.5, 0.6) is 5.75 Å². The molecule has 0 bridgehead atoms. The molecule has 1 atom stereocenters. The number of carbonyl (C=O) groups excluding carboxylic acids is 1. The highest BCUT2D eigenvalue weighted by Gasteiger charge is 2.32. The lowest BCUT2D eigenvalue weighted by atomic mass is 10.0.